The fourth-order valence-corrected chi connectivity index (χ4v) is 4.60. The van der Waals surface area contributed by atoms with Gasteiger partial charge in [-0.1, -0.05) is 61.7 Å². The van der Waals surface area contributed by atoms with E-state index in [1.807, 2.05) is 0 Å². The topological polar surface area (TPSA) is 12.5 Å². The predicted octanol–water partition coefficient (Wildman–Crippen LogP) is 5.83. The molecule has 1 aliphatic carbocycles. The molecule has 1 saturated carbocycles. The van der Waals surface area contributed by atoms with Crippen LogP contribution in [0.5, 0.6) is 0 Å². The molecule has 2 atom stereocenters. The smallest absolute Gasteiger partial charge is 0.154 e. The Hall–Kier alpha value is -2.06. The number of nitrogens with zero attached hydrogens (tertiary/aromatic N) is 1. The SMILES string of the molecule is C1=CC2OC(C3CCCCC3)c3ccccc3N2c2ccccc21. The molecule has 2 aromatic rings. The Labute approximate surface area is 143 Å². The summed E-state index contributed by atoms with van der Waals surface area (Å²) in [6, 6.07) is 17.4. The average molecular weight is 317 g/mol. The quantitative estimate of drug-likeness (QED) is 0.656. The van der Waals surface area contributed by atoms with Crippen LogP contribution in [0.1, 0.15) is 49.3 Å². The Morgan fingerprint density at radius 1 is 0.833 bits per heavy atom. The van der Waals surface area contributed by atoms with Crippen LogP contribution < -0.4 is 4.90 Å². The standard InChI is InChI=1S/C22H23NO/c1-2-9-17(10-3-1)22-18-11-5-7-13-20(18)23-19-12-6-4-8-16(19)14-15-21(23)24-22/h4-8,11-15,17,21-22H,1-3,9-10H2. The van der Waals surface area contributed by atoms with Gasteiger partial charge in [0.1, 0.15) is 0 Å². The first-order valence-corrected chi connectivity index (χ1v) is 9.23. The van der Waals surface area contributed by atoms with Gasteiger partial charge in [0.15, 0.2) is 6.23 Å². The van der Waals surface area contributed by atoms with Gasteiger partial charge >= 0.3 is 0 Å². The summed E-state index contributed by atoms with van der Waals surface area (Å²) in [5.41, 5.74) is 5.20. The van der Waals surface area contributed by atoms with Gasteiger partial charge in [-0.25, -0.2) is 0 Å². The number of benzene rings is 2. The lowest BCUT2D eigenvalue weighted by Gasteiger charge is -2.45. The lowest BCUT2D eigenvalue weighted by Crippen LogP contribution is -2.41. The summed E-state index contributed by atoms with van der Waals surface area (Å²) in [6.45, 7) is 0. The molecule has 2 heteroatoms. The largest absolute Gasteiger partial charge is 0.346 e. The van der Waals surface area contributed by atoms with Crippen molar-refractivity contribution < 1.29 is 4.74 Å². The van der Waals surface area contributed by atoms with Crippen molar-refractivity contribution in [2.75, 3.05) is 4.90 Å². The third-order valence-electron chi connectivity index (χ3n) is 5.76. The third-order valence-corrected chi connectivity index (χ3v) is 5.76. The minimum Gasteiger partial charge on any atom is -0.346 e. The van der Waals surface area contributed by atoms with Gasteiger partial charge in [-0.2, -0.15) is 0 Å². The Morgan fingerprint density at radius 3 is 2.46 bits per heavy atom. The number of anilines is 2. The Kier molecular flexibility index (Phi) is 3.45. The zero-order valence-electron chi connectivity index (χ0n) is 13.9. The maximum absolute atomic E-state index is 6.65. The maximum Gasteiger partial charge on any atom is 0.154 e. The molecule has 0 bridgehead atoms. The molecule has 0 amide bonds. The molecule has 1 fully saturated rings. The van der Waals surface area contributed by atoms with E-state index in [0.29, 0.717) is 5.92 Å². The molecule has 0 aromatic heterocycles. The van der Waals surface area contributed by atoms with E-state index in [1.165, 1.54) is 54.6 Å². The maximum atomic E-state index is 6.65. The summed E-state index contributed by atoms with van der Waals surface area (Å²) in [5.74, 6) is 0.660. The van der Waals surface area contributed by atoms with Crippen molar-refractivity contribution in [3.05, 3.63) is 65.7 Å². The molecule has 24 heavy (non-hydrogen) atoms. The average Bonchev–Trinajstić information content (AvgIpc) is 2.67. The number of fused-ring (bicyclic) bond motifs is 5. The van der Waals surface area contributed by atoms with E-state index in [2.05, 4.69) is 65.6 Å². The number of hydrogen-bond acceptors (Lipinski definition) is 2. The fourth-order valence-electron chi connectivity index (χ4n) is 4.60. The first-order chi connectivity index (χ1) is 11.9. The van der Waals surface area contributed by atoms with Crippen LogP contribution in [0.3, 0.4) is 0 Å². The van der Waals surface area contributed by atoms with Gasteiger partial charge in [-0.3, -0.25) is 0 Å². The molecule has 5 rings (SSSR count). The van der Waals surface area contributed by atoms with Gasteiger partial charge < -0.3 is 9.64 Å². The molecule has 0 radical (unpaired) electrons. The van der Waals surface area contributed by atoms with Crippen molar-refractivity contribution in [2.24, 2.45) is 5.92 Å². The normalized spacial score (nSPS) is 25.8. The van der Waals surface area contributed by atoms with Crippen LogP contribution in [0.4, 0.5) is 11.4 Å². The molecule has 2 heterocycles. The minimum atomic E-state index is 0.0155. The zero-order valence-corrected chi connectivity index (χ0v) is 13.9. The van der Waals surface area contributed by atoms with Crippen molar-refractivity contribution in [3.8, 4) is 0 Å². The predicted molar refractivity (Wildman–Crippen MR) is 98.2 cm³/mol. The van der Waals surface area contributed by atoms with E-state index < -0.39 is 0 Å². The molecule has 0 N–H and O–H groups in total. The monoisotopic (exact) mass is 317 g/mol. The van der Waals surface area contributed by atoms with Crippen molar-refractivity contribution in [1.29, 1.82) is 0 Å². The first-order valence-electron chi connectivity index (χ1n) is 9.23. The van der Waals surface area contributed by atoms with Gasteiger partial charge in [0.05, 0.1) is 11.8 Å². The summed E-state index contributed by atoms with van der Waals surface area (Å²) in [6.07, 6.45) is 11.3. The molecule has 0 spiro atoms. The van der Waals surface area contributed by atoms with Crippen LogP contribution in [0.2, 0.25) is 0 Å². The summed E-state index contributed by atoms with van der Waals surface area (Å²) < 4.78 is 6.65. The van der Waals surface area contributed by atoms with Crippen LogP contribution >= 0.6 is 0 Å². The van der Waals surface area contributed by atoms with Gasteiger partial charge in [-0.15, -0.1) is 0 Å². The van der Waals surface area contributed by atoms with E-state index in [-0.39, 0.29) is 12.3 Å². The van der Waals surface area contributed by atoms with Crippen LogP contribution in [-0.4, -0.2) is 6.23 Å². The highest BCUT2D eigenvalue weighted by atomic mass is 16.5. The van der Waals surface area contributed by atoms with Crippen LogP contribution in [-0.2, 0) is 4.74 Å². The van der Waals surface area contributed by atoms with Crippen LogP contribution in [0.15, 0.2) is 54.6 Å². The molecule has 2 unspecified atom stereocenters. The molecule has 2 aromatic carbocycles. The lowest BCUT2D eigenvalue weighted by atomic mass is 9.81. The molecular formula is C22H23NO. The van der Waals surface area contributed by atoms with Crippen molar-refractivity contribution in [1.82, 2.24) is 0 Å². The van der Waals surface area contributed by atoms with Gasteiger partial charge in [0.25, 0.3) is 0 Å². The van der Waals surface area contributed by atoms with E-state index in [1.54, 1.807) is 0 Å². The van der Waals surface area contributed by atoms with Crippen molar-refractivity contribution in [3.63, 3.8) is 0 Å². The Morgan fingerprint density at radius 2 is 1.58 bits per heavy atom. The fraction of sp³-hybridized carbons (Fsp3) is 0.364. The Bertz CT molecular complexity index is 775. The van der Waals surface area contributed by atoms with E-state index in [9.17, 15) is 0 Å². The first kappa shape index (κ1) is 14.3. The number of para-hydroxylation sites is 2. The number of ether oxygens (including phenoxy) is 1. The summed E-state index contributed by atoms with van der Waals surface area (Å²) in [7, 11) is 0. The summed E-state index contributed by atoms with van der Waals surface area (Å²) in [4.78, 5) is 2.37. The third kappa shape index (κ3) is 2.21. The van der Waals surface area contributed by atoms with Gasteiger partial charge in [0, 0.05) is 11.3 Å². The van der Waals surface area contributed by atoms with Gasteiger partial charge in [-0.05, 0) is 42.5 Å². The molecule has 2 nitrogen and oxygen atoms in total. The second kappa shape index (κ2) is 5.78. The summed E-state index contributed by atoms with van der Waals surface area (Å²) in [5, 5.41) is 0. The molecule has 122 valence electrons. The molecule has 2 aliphatic heterocycles. The lowest BCUT2D eigenvalue weighted by molar-refractivity contribution is -0.0386. The zero-order chi connectivity index (χ0) is 15.9. The van der Waals surface area contributed by atoms with Crippen molar-refractivity contribution in [2.45, 2.75) is 44.4 Å². The molecule has 0 saturated heterocycles. The van der Waals surface area contributed by atoms with Crippen LogP contribution in [0.25, 0.3) is 6.08 Å². The van der Waals surface area contributed by atoms with Gasteiger partial charge in [0.2, 0.25) is 0 Å². The highest BCUT2D eigenvalue weighted by molar-refractivity contribution is 5.80. The highest BCUT2D eigenvalue weighted by Gasteiger charge is 2.38. The van der Waals surface area contributed by atoms with E-state index in [0.717, 1.165) is 0 Å². The number of rotatable bonds is 1. The van der Waals surface area contributed by atoms with E-state index >= 15 is 0 Å². The van der Waals surface area contributed by atoms with Crippen molar-refractivity contribution >= 4 is 17.5 Å². The molecule has 3 aliphatic rings. The van der Waals surface area contributed by atoms with Crippen LogP contribution in [0, 0.1) is 5.92 Å². The highest BCUT2D eigenvalue weighted by Crippen LogP contribution is 2.49. The minimum absolute atomic E-state index is 0.0155. The van der Waals surface area contributed by atoms with E-state index in [4.69, 9.17) is 4.74 Å². The summed E-state index contributed by atoms with van der Waals surface area (Å²) >= 11 is 0. The second-order valence-corrected chi connectivity index (χ2v) is 7.19. The number of hydrogen-bond donors (Lipinski definition) is 0. The Balaban J connectivity index is 1.61. The second-order valence-electron chi connectivity index (χ2n) is 7.19. The molecular weight excluding hydrogens is 294 g/mol.